The lowest BCUT2D eigenvalue weighted by molar-refractivity contribution is -0.115. The molecule has 1 heterocycles. The molecule has 0 spiro atoms. The van der Waals surface area contributed by atoms with Crippen LogP contribution in [0.4, 0.5) is 5.13 Å². The molecule has 3 aromatic rings. The van der Waals surface area contributed by atoms with Crippen LogP contribution < -0.4 is 14.8 Å². The molecule has 9 heteroatoms. The molecule has 0 radical (unpaired) electrons. The molecule has 3 rings (SSSR count). The molecule has 0 aliphatic rings. The lowest BCUT2D eigenvalue weighted by Crippen LogP contribution is -2.14. The van der Waals surface area contributed by atoms with E-state index in [0.717, 1.165) is 11.0 Å². The number of nitrogens with one attached hydrogen (secondary N) is 1. The predicted molar refractivity (Wildman–Crippen MR) is 105 cm³/mol. The van der Waals surface area contributed by atoms with Gasteiger partial charge in [-0.2, -0.15) is 0 Å². The van der Waals surface area contributed by atoms with Crippen molar-refractivity contribution in [1.29, 1.82) is 0 Å². The van der Waals surface area contributed by atoms with Gasteiger partial charge in [-0.15, -0.1) is 0 Å². The molecule has 0 unspecified atom stereocenters. The number of aromatic nitrogens is 1. The number of methoxy groups -OCH3 is 2. The van der Waals surface area contributed by atoms with Crippen molar-refractivity contribution >= 4 is 42.4 Å². The minimum Gasteiger partial charge on any atom is -0.495 e. The van der Waals surface area contributed by atoms with Crippen molar-refractivity contribution in [3.8, 4) is 11.5 Å². The number of hydrogen-bond donors (Lipinski definition) is 1. The van der Waals surface area contributed by atoms with Crippen LogP contribution >= 0.6 is 11.3 Å². The molecule has 7 nitrogen and oxygen atoms in total. The van der Waals surface area contributed by atoms with E-state index in [2.05, 4.69) is 10.3 Å². The van der Waals surface area contributed by atoms with Gasteiger partial charge in [0.15, 0.2) is 15.0 Å². The molecular formula is C18H18N2O5S2. The molecule has 2 aromatic carbocycles. The molecule has 0 fully saturated rings. The molecule has 142 valence electrons. The van der Waals surface area contributed by atoms with E-state index in [0.29, 0.717) is 27.7 Å². The largest absolute Gasteiger partial charge is 0.495 e. The van der Waals surface area contributed by atoms with Gasteiger partial charge in [0.2, 0.25) is 5.91 Å². The number of fused-ring (bicyclic) bond motifs is 1. The highest BCUT2D eigenvalue weighted by Crippen LogP contribution is 2.38. The number of carbonyl (C=O) groups is 1. The molecular weight excluding hydrogens is 388 g/mol. The SMILES string of the molecule is COc1ccc(OC)c2sc(NC(=O)Cc3ccc(S(C)(=O)=O)cc3)nc12. The molecule has 0 aliphatic carbocycles. The maximum absolute atomic E-state index is 12.3. The van der Waals surface area contributed by atoms with Gasteiger partial charge >= 0.3 is 0 Å². The summed E-state index contributed by atoms with van der Waals surface area (Å²) in [5, 5.41) is 3.20. The van der Waals surface area contributed by atoms with Gasteiger partial charge in [0.25, 0.3) is 0 Å². The molecule has 1 amide bonds. The lowest BCUT2D eigenvalue weighted by Gasteiger charge is -2.03. The number of carbonyl (C=O) groups excluding carboxylic acids is 1. The zero-order valence-corrected chi connectivity index (χ0v) is 16.6. The maximum atomic E-state index is 12.3. The number of sulfone groups is 1. The highest BCUT2D eigenvalue weighted by atomic mass is 32.2. The van der Waals surface area contributed by atoms with E-state index in [1.807, 2.05) is 0 Å². The lowest BCUT2D eigenvalue weighted by atomic mass is 10.1. The highest BCUT2D eigenvalue weighted by Gasteiger charge is 2.15. The molecule has 1 aromatic heterocycles. The fourth-order valence-corrected chi connectivity index (χ4v) is 4.16. The fraction of sp³-hybridized carbons (Fsp3) is 0.222. The number of nitrogens with zero attached hydrogens (tertiary/aromatic N) is 1. The molecule has 0 saturated heterocycles. The van der Waals surface area contributed by atoms with E-state index in [4.69, 9.17) is 9.47 Å². The van der Waals surface area contributed by atoms with Gasteiger partial charge in [-0.05, 0) is 29.8 Å². The molecule has 0 saturated carbocycles. The first-order valence-electron chi connectivity index (χ1n) is 7.92. The number of benzene rings is 2. The fourth-order valence-electron chi connectivity index (χ4n) is 2.54. The molecule has 0 aliphatic heterocycles. The summed E-state index contributed by atoms with van der Waals surface area (Å²) in [5.74, 6) is 0.998. The standard InChI is InChI=1S/C18H18N2O5S2/c1-24-13-8-9-14(25-2)17-16(13)20-18(26-17)19-15(21)10-11-4-6-12(7-5-11)27(3,22)23/h4-9H,10H2,1-3H3,(H,19,20,21). The highest BCUT2D eigenvalue weighted by molar-refractivity contribution is 7.90. The second kappa shape index (κ2) is 7.53. The second-order valence-corrected chi connectivity index (χ2v) is 8.82. The van der Waals surface area contributed by atoms with Gasteiger partial charge in [0.1, 0.15) is 21.7 Å². The summed E-state index contributed by atoms with van der Waals surface area (Å²) in [4.78, 5) is 17.0. The smallest absolute Gasteiger partial charge is 0.230 e. The van der Waals surface area contributed by atoms with Crippen LogP contribution in [-0.2, 0) is 21.1 Å². The van der Waals surface area contributed by atoms with Crippen molar-refractivity contribution in [3.63, 3.8) is 0 Å². The number of anilines is 1. The zero-order valence-electron chi connectivity index (χ0n) is 15.0. The van der Waals surface area contributed by atoms with E-state index in [9.17, 15) is 13.2 Å². The Bertz CT molecular complexity index is 1050. The van der Waals surface area contributed by atoms with E-state index >= 15 is 0 Å². The number of amides is 1. The van der Waals surface area contributed by atoms with Crippen LogP contribution in [0.3, 0.4) is 0 Å². The van der Waals surface area contributed by atoms with Crippen LogP contribution in [0.5, 0.6) is 11.5 Å². The average molecular weight is 406 g/mol. The van der Waals surface area contributed by atoms with Crippen LogP contribution in [0, 0.1) is 0 Å². The van der Waals surface area contributed by atoms with Crippen LogP contribution in [0.1, 0.15) is 5.56 Å². The third-order valence-corrected chi connectivity index (χ3v) is 5.99. The summed E-state index contributed by atoms with van der Waals surface area (Å²) < 4.78 is 34.4. The summed E-state index contributed by atoms with van der Waals surface area (Å²) in [5.41, 5.74) is 1.32. The Hall–Kier alpha value is -2.65. The van der Waals surface area contributed by atoms with E-state index < -0.39 is 9.84 Å². The van der Waals surface area contributed by atoms with Gasteiger partial charge < -0.3 is 14.8 Å². The van der Waals surface area contributed by atoms with Gasteiger partial charge in [-0.3, -0.25) is 4.79 Å². The Morgan fingerprint density at radius 2 is 1.70 bits per heavy atom. The van der Waals surface area contributed by atoms with Crippen molar-refractivity contribution in [2.45, 2.75) is 11.3 Å². The molecule has 27 heavy (non-hydrogen) atoms. The van der Waals surface area contributed by atoms with Gasteiger partial charge in [-0.1, -0.05) is 23.5 Å². The number of hydrogen-bond acceptors (Lipinski definition) is 7. The van der Waals surface area contributed by atoms with Crippen LogP contribution in [0.2, 0.25) is 0 Å². The first-order chi connectivity index (χ1) is 12.8. The first kappa shape index (κ1) is 19.1. The third-order valence-electron chi connectivity index (χ3n) is 3.87. The zero-order chi connectivity index (χ0) is 19.6. The Labute approximate surface area is 160 Å². The summed E-state index contributed by atoms with van der Waals surface area (Å²) in [6.45, 7) is 0. The Morgan fingerprint density at radius 1 is 1.07 bits per heavy atom. The summed E-state index contributed by atoms with van der Waals surface area (Å²) >= 11 is 1.30. The van der Waals surface area contributed by atoms with E-state index in [1.54, 1.807) is 38.5 Å². The van der Waals surface area contributed by atoms with Gasteiger partial charge in [0, 0.05) is 6.26 Å². The summed E-state index contributed by atoms with van der Waals surface area (Å²) in [6, 6.07) is 9.78. The molecule has 0 atom stereocenters. The first-order valence-corrected chi connectivity index (χ1v) is 10.6. The summed E-state index contributed by atoms with van der Waals surface area (Å²) in [6.07, 6.45) is 1.25. The number of rotatable bonds is 6. The quantitative estimate of drug-likeness (QED) is 0.676. The Balaban J connectivity index is 1.78. The molecule has 0 bridgehead atoms. The van der Waals surface area contributed by atoms with Crippen molar-refractivity contribution in [2.24, 2.45) is 0 Å². The van der Waals surface area contributed by atoms with Crippen molar-refractivity contribution < 1.29 is 22.7 Å². The normalized spacial score (nSPS) is 11.4. The Kier molecular flexibility index (Phi) is 5.33. The monoisotopic (exact) mass is 406 g/mol. The Morgan fingerprint density at radius 3 is 2.30 bits per heavy atom. The summed E-state index contributed by atoms with van der Waals surface area (Å²) in [7, 11) is -0.134. The van der Waals surface area contributed by atoms with Gasteiger partial charge in [0.05, 0.1) is 25.5 Å². The topological polar surface area (TPSA) is 94.6 Å². The molecule has 1 N–H and O–H groups in total. The number of thiazole rings is 1. The van der Waals surface area contributed by atoms with Crippen LogP contribution in [0.15, 0.2) is 41.3 Å². The second-order valence-electron chi connectivity index (χ2n) is 5.81. The van der Waals surface area contributed by atoms with E-state index in [-0.39, 0.29) is 17.2 Å². The van der Waals surface area contributed by atoms with Gasteiger partial charge in [-0.25, -0.2) is 13.4 Å². The minimum atomic E-state index is -3.26. The van der Waals surface area contributed by atoms with Crippen molar-refractivity contribution in [2.75, 3.05) is 25.8 Å². The van der Waals surface area contributed by atoms with Crippen molar-refractivity contribution in [3.05, 3.63) is 42.0 Å². The van der Waals surface area contributed by atoms with Crippen LogP contribution in [0.25, 0.3) is 10.2 Å². The average Bonchev–Trinajstić information content (AvgIpc) is 3.03. The van der Waals surface area contributed by atoms with Crippen molar-refractivity contribution in [1.82, 2.24) is 4.98 Å². The van der Waals surface area contributed by atoms with E-state index in [1.165, 1.54) is 23.5 Å². The maximum Gasteiger partial charge on any atom is 0.230 e. The van der Waals surface area contributed by atoms with Crippen LogP contribution in [-0.4, -0.2) is 39.8 Å². The number of ether oxygens (including phenoxy) is 2. The predicted octanol–water partition coefficient (Wildman–Crippen LogP) is 2.90. The third kappa shape index (κ3) is 4.20. The minimum absolute atomic E-state index is 0.105.